The van der Waals surface area contributed by atoms with Crippen molar-refractivity contribution in [3.05, 3.63) is 42.5 Å². The molecule has 126 valence electrons. The molecule has 0 unspecified atom stereocenters. The lowest BCUT2D eigenvalue weighted by molar-refractivity contribution is -0.137. The molecule has 1 amide bonds. The summed E-state index contributed by atoms with van der Waals surface area (Å²) in [7, 11) is 0. The predicted molar refractivity (Wildman–Crippen MR) is 86.9 cm³/mol. The number of carboxylic acids is 1. The number of aliphatic carboxylic acids is 1. The first kappa shape index (κ1) is 16.2. The molecular weight excluding hydrogens is 308 g/mol. The van der Waals surface area contributed by atoms with Gasteiger partial charge in [-0.15, -0.1) is 0 Å². The number of hydrogen-bond acceptors (Lipinski definition) is 4. The van der Waals surface area contributed by atoms with Gasteiger partial charge >= 0.3 is 5.97 Å². The number of benzene rings is 1. The minimum absolute atomic E-state index is 0.00243. The maximum atomic E-state index is 12.9. The summed E-state index contributed by atoms with van der Waals surface area (Å²) in [5.41, 5.74) is 1.36. The van der Waals surface area contributed by atoms with E-state index in [4.69, 9.17) is 5.11 Å². The van der Waals surface area contributed by atoms with E-state index >= 15 is 0 Å². The molecule has 0 aliphatic carbocycles. The van der Waals surface area contributed by atoms with E-state index in [1.54, 1.807) is 23.1 Å². The Bertz CT molecular complexity index is 714. The van der Waals surface area contributed by atoms with Crippen LogP contribution in [-0.4, -0.2) is 49.2 Å². The lowest BCUT2D eigenvalue weighted by Gasteiger charge is -2.35. The van der Waals surface area contributed by atoms with Crippen LogP contribution in [0, 0.1) is 0 Å². The number of likely N-dealkylation sites (tertiary alicyclic amines) is 1. The van der Waals surface area contributed by atoms with E-state index in [-0.39, 0.29) is 18.4 Å². The second-order valence-electron chi connectivity index (χ2n) is 5.97. The Morgan fingerprint density at radius 2 is 2.17 bits per heavy atom. The van der Waals surface area contributed by atoms with Crippen LogP contribution in [0.4, 0.5) is 0 Å². The predicted octanol–water partition coefficient (Wildman–Crippen LogP) is 2.13. The van der Waals surface area contributed by atoms with Crippen molar-refractivity contribution in [1.29, 1.82) is 0 Å². The summed E-state index contributed by atoms with van der Waals surface area (Å²) in [5, 5.41) is 13.0. The van der Waals surface area contributed by atoms with E-state index in [1.165, 1.54) is 6.33 Å². The van der Waals surface area contributed by atoms with Crippen LogP contribution in [0.5, 0.6) is 0 Å². The van der Waals surface area contributed by atoms with Gasteiger partial charge < -0.3 is 10.0 Å². The lowest BCUT2D eigenvalue weighted by Crippen LogP contribution is -2.44. The average molecular weight is 328 g/mol. The summed E-state index contributed by atoms with van der Waals surface area (Å²) in [6, 6.07) is 7.26. The molecule has 2 heterocycles. The van der Waals surface area contributed by atoms with Crippen molar-refractivity contribution in [3.8, 4) is 5.69 Å². The van der Waals surface area contributed by atoms with Crippen molar-refractivity contribution in [2.45, 2.75) is 38.1 Å². The number of carbonyl (C=O) groups is 2. The Hall–Kier alpha value is -2.70. The third-order valence-electron chi connectivity index (χ3n) is 4.36. The molecule has 1 saturated heterocycles. The van der Waals surface area contributed by atoms with Crippen molar-refractivity contribution in [1.82, 2.24) is 19.7 Å². The van der Waals surface area contributed by atoms with Gasteiger partial charge in [-0.3, -0.25) is 9.59 Å². The maximum absolute atomic E-state index is 12.9. The van der Waals surface area contributed by atoms with Crippen molar-refractivity contribution in [2.75, 3.05) is 6.54 Å². The first-order chi connectivity index (χ1) is 11.6. The van der Waals surface area contributed by atoms with Crippen LogP contribution >= 0.6 is 0 Å². The highest BCUT2D eigenvalue weighted by Gasteiger charge is 2.27. The van der Waals surface area contributed by atoms with Crippen molar-refractivity contribution < 1.29 is 14.7 Å². The largest absolute Gasteiger partial charge is 0.481 e. The van der Waals surface area contributed by atoms with Crippen LogP contribution < -0.4 is 0 Å². The molecule has 1 atom stereocenters. The molecule has 0 radical (unpaired) electrons. The number of carboxylic acid groups (broad SMARTS) is 1. The topological polar surface area (TPSA) is 88.3 Å². The molecule has 2 aromatic rings. The van der Waals surface area contributed by atoms with Gasteiger partial charge in [-0.05, 0) is 43.9 Å². The van der Waals surface area contributed by atoms with Gasteiger partial charge in [0.2, 0.25) is 0 Å². The van der Waals surface area contributed by atoms with Crippen LogP contribution in [0.2, 0.25) is 0 Å². The summed E-state index contributed by atoms with van der Waals surface area (Å²) in [5.74, 6) is -0.867. The zero-order valence-corrected chi connectivity index (χ0v) is 13.3. The first-order valence-electron chi connectivity index (χ1n) is 8.13. The van der Waals surface area contributed by atoms with E-state index in [0.29, 0.717) is 18.5 Å². The zero-order valence-electron chi connectivity index (χ0n) is 13.3. The highest BCUT2D eigenvalue weighted by molar-refractivity contribution is 5.95. The van der Waals surface area contributed by atoms with E-state index < -0.39 is 5.97 Å². The number of hydrogen-bond donors (Lipinski definition) is 1. The molecule has 7 heteroatoms. The third kappa shape index (κ3) is 3.61. The van der Waals surface area contributed by atoms with Crippen molar-refractivity contribution in [2.24, 2.45) is 0 Å². The molecule has 1 aromatic heterocycles. The van der Waals surface area contributed by atoms with Crippen LogP contribution in [0.1, 0.15) is 42.5 Å². The molecule has 0 bridgehead atoms. The molecular formula is C17H20N4O3. The first-order valence-corrected chi connectivity index (χ1v) is 8.13. The van der Waals surface area contributed by atoms with Gasteiger partial charge in [-0.1, -0.05) is 6.07 Å². The molecule has 1 aromatic carbocycles. The minimum Gasteiger partial charge on any atom is -0.481 e. The molecule has 0 saturated carbocycles. The van der Waals surface area contributed by atoms with Crippen LogP contribution in [-0.2, 0) is 4.79 Å². The lowest BCUT2D eigenvalue weighted by atomic mass is 9.97. The summed E-state index contributed by atoms with van der Waals surface area (Å²) in [4.78, 5) is 29.5. The summed E-state index contributed by atoms with van der Waals surface area (Å²) in [6.45, 7) is 0.677. The third-order valence-corrected chi connectivity index (χ3v) is 4.36. The van der Waals surface area contributed by atoms with Gasteiger partial charge in [0, 0.05) is 24.6 Å². The number of aromatic nitrogens is 3. The zero-order chi connectivity index (χ0) is 16.9. The van der Waals surface area contributed by atoms with Gasteiger partial charge in [0.25, 0.3) is 5.91 Å². The molecule has 3 rings (SSSR count). The molecule has 7 nitrogen and oxygen atoms in total. The SMILES string of the molecule is O=C(O)CC[C@H]1CCCCN1C(=O)c1cccc(-n2cncn2)c1. The monoisotopic (exact) mass is 328 g/mol. The van der Waals surface area contributed by atoms with Crippen LogP contribution in [0.25, 0.3) is 5.69 Å². The minimum atomic E-state index is -0.818. The van der Waals surface area contributed by atoms with E-state index in [9.17, 15) is 9.59 Å². The number of piperidine rings is 1. The fourth-order valence-electron chi connectivity index (χ4n) is 3.15. The van der Waals surface area contributed by atoms with E-state index in [0.717, 1.165) is 24.9 Å². The molecule has 1 N–H and O–H groups in total. The standard InChI is InChI=1S/C17H20N4O3/c22-16(23)8-7-14-5-1-2-9-20(14)17(24)13-4-3-6-15(10-13)21-12-18-11-19-21/h3-4,6,10-12,14H,1-2,5,7-9H2,(H,22,23)/t14-/m1/s1. The molecule has 1 aliphatic heterocycles. The van der Waals surface area contributed by atoms with Crippen LogP contribution in [0.3, 0.4) is 0 Å². The highest BCUT2D eigenvalue weighted by Crippen LogP contribution is 2.23. The smallest absolute Gasteiger partial charge is 0.303 e. The Morgan fingerprint density at radius 3 is 2.92 bits per heavy atom. The number of nitrogens with zero attached hydrogens (tertiary/aromatic N) is 4. The average Bonchev–Trinajstić information content (AvgIpc) is 3.14. The highest BCUT2D eigenvalue weighted by atomic mass is 16.4. The van der Waals surface area contributed by atoms with Gasteiger partial charge in [0.05, 0.1) is 5.69 Å². The van der Waals surface area contributed by atoms with E-state index in [1.807, 2.05) is 17.0 Å². The second-order valence-corrected chi connectivity index (χ2v) is 5.97. The van der Waals surface area contributed by atoms with Gasteiger partial charge in [0.15, 0.2) is 0 Å². The Balaban J connectivity index is 1.79. The fraction of sp³-hybridized carbons (Fsp3) is 0.412. The Kier molecular flexibility index (Phi) is 4.88. The van der Waals surface area contributed by atoms with E-state index in [2.05, 4.69) is 10.1 Å². The fourth-order valence-corrected chi connectivity index (χ4v) is 3.15. The summed E-state index contributed by atoms with van der Waals surface area (Å²) in [6.07, 6.45) is 6.48. The second kappa shape index (κ2) is 7.25. The van der Waals surface area contributed by atoms with Gasteiger partial charge in [-0.2, -0.15) is 5.10 Å². The molecule has 1 fully saturated rings. The Labute approximate surface area is 139 Å². The Morgan fingerprint density at radius 1 is 1.29 bits per heavy atom. The normalized spacial score (nSPS) is 17.7. The number of carbonyl (C=O) groups excluding carboxylic acids is 1. The number of amides is 1. The van der Waals surface area contributed by atoms with Crippen LogP contribution in [0.15, 0.2) is 36.9 Å². The summed E-state index contributed by atoms with van der Waals surface area (Å²) >= 11 is 0. The number of rotatable bonds is 5. The van der Waals surface area contributed by atoms with Crippen molar-refractivity contribution in [3.63, 3.8) is 0 Å². The summed E-state index contributed by atoms with van der Waals surface area (Å²) < 4.78 is 1.61. The molecule has 0 spiro atoms. The maximum Gasteiger partial charge on any atom is 0.303 e. The van der Waals surface area contributed by atoms with Crippen molar-refractivity contribution >= 4 is 11.9 Å². The van der Waals surface area contributed by atoms with Gasteiger partial charge in [0.1, 0.15) is 12.7 Å². The van der Waals surface area contributed by atoms with Gasteiger partial charge in [-0.25, -0.2) is 9.67 Å². The molecule has 24 heavy (non-hydrogen) atoms. The quantitative estimate of drug-likeness (QED) is 0.908. The molecule has 1 aliphatic rings.